The SMILES string of the molecule is [CH2]CCCCCCC(C)CCC(C)CCCC. The molecule has 0 amide bonds. The fourth-order valence-corrected chi connectivity index (χ4v) is 2.43. The highest BCUT2D eigenvalue weighted by atomic mass is 14.1. The van der Waals surface area contributed by atoms with Crippen molar-refractivity contribution in [3.63, 3.8) is 0 Å². The van der Waals surface area contributed by atoms with Crippen molar-refractivity contribution in [2.45, 2.75) is 91.4 Å². The highest BCUT2D eigenvalue weighted by Crippen LogP contribution is 2.21. The molecule has 0 aliphatic rings. The van der Waals surface area contributed by atoms with Crippen LogP contribution in [-0.4, -0.2) is 0 Å². The van der Waals surface area contributed by atoms with Crippen molar-refractivity contribution in [2.75, 3.05) is 0 Å². The van der Waals surface area contributed by atoms with Crippen molar-refractivity contribution in [1.29, 1.82) is 0 Å². The summed E-state index contributed by atoms with van der Waals surface area (Å²) in [5.74, 6) is 1.89. The number of rotatable bonds is 12. The Balaban J connectivity index is 3.30. The maximum atomic E-state index is 3.89. The van der Waals surface area contributed by atoms with Crippen LogP contribution in [0.25, 0.3) is 0 Å². The lowest BCUT2D eigenvalue weighted by atomic mass is 9.91. The van der Waals surface area contributed by atoms with E-state index in [1.54, 1.807) is 0 Å². The Morgan fingerprint density at radius 2 is 1.24 bits per heavy atom. The van der Waals surface area contributed by atoms with Crippen LogP contribution in [0.1, 0.15) is 91.4 Å². The van der Waals surface area contributed by atoms with Crippen LogP contribution in [0.2, 0.25) is 0 Å². The lowest BCUT2D eigenvalue weighted by molar-refractivity contribution is 0.381. The molecule has 0 aromatic carbocycles. The molecular formula is C17H35. The first-order valence-corrected chi connectivity index (χ1v) is 7.99. The van der Waals surface area contributed by atoms with Crippen LogP contribution >= 0.6 is 0 Å². The smallest absolute Gasteiger partial charge is 0.0443 e. The van der Waals surface area contributed by atoms with Crippen molar-refractivity contribution in [2.24, 2.45) is 11.8 Å². The molecule has 0 aromatic heterocycles. The molecule has 103 valence electrons. The molecule has 0 fully saturated rings. The van der Waals surface area contributed by atoms with Crippen molar-refractivity contribution in [1.82, 2.24) is 0 Å². The van der Waals surface area contributed by atoms with Crippen molar-refractivity contribution in [3.8, 4) is 0 Å². The Morgan fingerprint density at radius 1 is 0.706 bits per heavy atom. The van der Waals surface area contributed by atoms with Gasteiger partial charge in [0.2, 0.25) is 0 Å². The molecule has 0 nitrogen and oxygen atoms in total. The topological polar surface area (TPSA) is 0 Å². The second kappa shape index (κ2) is 12.5. The van der Waals surface area contributed by atoms with Crippen LogP contribution in [0.15, 0.2) is 0 Å². The van der Waals surface area contributed by atoms with Gasteiger partial charge in [0.05, 0.1) is 0 Å². The predicted molar refractivity (Wildman–Crippen MR) is 80.1 cm³/mol. The second-order valence-corrected chi connectivity index (χ2v) is 5.99. The summed E-state index contributed by atoms with van der Waals surface area (Å²) in [5, 5.41) is 0. The van der Waals surface area contributed by atoms with Crippen LogP contribution in [0, 0.1) is 18.8 Å². The maximum Gasteiger partial charge on any atom is -0.0443 e. The summed E-state index contributed by atoms with van der Waals surface area (Å²) in [4.78, 5) is 0. The molecule has 0 rings (SSSR count). The highest BCUT2D eigenvalue weighted by Gasteiger charge is 2.06. The summed E-state index contributed by atoms with van der Waals surface area (Å²) in [6.07, 6.45) is 15.2. The molecule has 0 saturated heterocycles. The van der Waals surface area contributed by atoms with Crippen molar-refractivity contribution >= 4 is 0 Å². The number of hydrogen-bond donors (Lipinski definition) is 0. The summed E-state index contributed by atoms with van der Waals surface area (Å²) in [6, 6.07) is 0. The van der Waals surface area contributed by atoms with E-state index < -0.39 is 0 Å². The van der Waals surface area contributed by atoms with Crippen LogP contribution in [0.3, 0.4) is 0 Å². The van der Waals surface area contributed by atoms with Crippen LogP contribution < -0.4 is 0 Å². The van der Waals surface area contributed by atoms with Gasteiger partial charge in [-0.25, -0.2) is 0 Å². The lowest BCUT2D eigenvalue weighted by Crippen LogP contribution is -2.00. The molecule has 0 aromatic rings. The molecule has 0 spiro atoms. The molecule has 0 aliphatic heterocycles. The molecule has 0 saturated carbocycles. The van der Waals surface area contributed by atoms with Crippen LogP contribution in [0.5, 0.6) is 0 Å². The monoisotopic (exact) mass is 239 g/mol. The second-order valence-electron chi connectivity index (χ2n) is 5.99. The van der Waals surface area contributed by atoms with Gasteiger partial charge in [0, 0.05) is 0 Å². The average Bonchev–Trinajstić information content (AvgIpc) is 2.33. The summed E-state index contributed by atoms with van der Waals surface area (Å²) < 4.78 is 0. The zero-order chi connectivity index (χ0) is 12.9. The molecule has 0 bridgehead atoms. The van der Waals surface area contributed by atoms with Gasteiger partial charge in [0.15, 0.2) is 0 Å². The van der Waals surface area contributed by atoms with Gasteiger partial charge in [0.1, 0.15) is 0 Å². The molecule has 2 atom stereocenters. The number of hydrogen-bond acceptors (Lipinski definition) is 0. The Morgan fingerprint density at radius 3 is 1.76 bits per heavy atom. The van der Waals surface area contributed by atoms with Crippen LogP contribution in [-0.2, 0) is 0 Å². The standard InChI is InChI=1S/C17H35/c1-5-7-9-10-11-13-17(4)15-14-16(3)12-8-6-2/h16-17H,1,5-15H2,2-4H3. The molecule has 1 radical (unpaired) electrons. The Bertz CT molecular complexity index is 139. The van der Waals surface area contributed by atoms with Gasteiger partial charge in [-0.2, -0.15) is 0 Å². The first-order chi connectivity index (χ1) is 8.20. The van der Waals surface area contributed by atoms with E-state index in [9.17, 15) is 0 Å². The Kier molecular flexibility index (Phi) is 12.5. The Labute approximate surface area is 111 Å². The normalized spacial score (nSPS) is 14.8. The van der Waals surface area contributed by atoms with Gasteiger partial charge in [-0.05, 0) is 11.8 Å². The van der Waals surface area contributed by atoms with E-state index in [0.29, 0.717) is 0 Å². The van der Waals surface area contributed by atoms with Gasteiger partial charge < -0.3 is 0 Å². The minimum absolute atomic E-state index is 0.943. The lowest BCUT2D eigenvalue weighted by Gasteiger charge is -2.15. The summed E-state index contributed by atoms with van der Waals surface area (Å²) >= 11 is 0. The van der Waals surface area contributed by atoms with Crippen molar-refractivity contribution in [3.05, 3.63) is 6.92 Å². The molecule has 17 heavy (non-hydrogen) atoms. The maximum absolute atomic E-state index is 3.89. The first kappa shape index (κ1) is 17.0. The van der Waals surface area contributed by atoms with Gasteiger partial charge in [-0.3, -0.25) is 0 Å². The van der Waals surface area contributed by atoms with Crippen LogP contribution in [0.4, 0.5) is 0 Å². The predicted octanol–water partition coefficient (Wildman–Crippen LogP) is 6.40. The summed E-state index contributed by atoms with van der Waals surface area (Å²) in [6.45, 7) is 11.1. The molecular weight excluding hydrogens is 204 g/mol. The third-order valence-electron chi connectivity index (χ3n) is 3.90. The molecule has 2 unspecified atom stereocenters. The molecule has 0 aliphatic carbocycles. The van der Waals surface area contributed by atoms with Gasteiger partial charge in [-0.1, -0.05) is 98.3 Å². The first-order valence-electron chi connectivity index (χ1n) is 7.99. The third-order valence-corrected chi connectivity index (χ3v) is 3.90. The summed E-state index contributed by atoms with van der Waals surface area (Å²) in [7, 11) is 0. The van der Waals surface area contributed by atoms with Gasteiger partial charge in [0.25, 0.3) is 0 Å². The molecule has 0 N–H and O–H groups in total. The van der Waals surface area contributed by atoms with Crippen molar-refractivity contribution < 1.29 is 0 Å². The van der Waals surface area contributed by atoms with E-state index >= 15 is 0 Å². The van der Waals surface area contributed by atoms with E-state index in [1.165, 1.54) is 64.2 Å². The highest BCUT2D eigenvalue weighted by molar-refractivity contribution is 4.59. The minimum atomic E-state index is 0.943. The fourth-order valence-electron chi connectivity index (χ4n) is 2.43. The largest absolute Gasteiger partial charge is 0.0654 e. The number of unbranched alkanes of at least 4 members (excludes halogenated alkanes) is 5. The van der Waals surface area contributed by atoms with E-state index in [4.69, 9.17) is 0 Å². The van der Waals surface area contributed by atoms with E-state index in [0.717, 1.165) is 18.3 Å². The zero-order valence-corrected chi connectivity index (χ0v) is 12.6. The third kappa shape index (κ3) is 12.2. The summed E-state index contributed by atoms with van der Waals surface area (Å²) in [5.41, 5.74) is 0. The van der Waals surface area contributed by atoms with E-state index in [2.05, 4.69) is 27.7 Å². The average molecular weight is 239 g/mol. The molecule has 0 heterocycles. The molecule has 0 heteroatoms. The van der Waals surface area contributed by atoms with E-state index in [-0.39, 0.29) is 0 Å². The Hall–Kier alpha value is 0. The fraction of sp³-hybridized carbons (Fsp3) is 0.941. The van der Waals surface area contributed by atoms with Gasteiger partial charge >= 0.3 is 0 Å². The minimum Gasteiger partial charge on any atom is -0.0654 e. The van der Waals surface area contributed by atoms with E-state index in [1.807, 2.05) is 0 Å². The zero-order valence-electron chi connectivity index (χ0n) is 12.6. The quantitative estimate of drug-likeness (QED) is 0.345. The van der Waals surface area contributed by atoms with Gasteiger partial charge in [-0.15, -0.1) is 0 Å².